The van der Waals surface area contributed by atoms with Gasteiger partial charge in [-0.15, -0.1) is 5.10 Å². The predicted octanol–water partition coefficient (Wildman–Crippen LogP) is 1.41. The zero-order valence-corrected chi connectivity index (χ0v) is 10.2. The molecule has 0 radical (unpaired) electrons. The molecule has 1 aromatic heterocycles. The first-order valence-electron chi connectivity index (χ1n) is 5.94. The molecule has 0 amide bonds. The lowest BCUT2D eigenvalue weighted by atomic mass is 10.2. The summed E-state index contributed by atoms with van der Waals surface area (Å²) in [5, 5.41) is 11.1. The third-order valence-electron chi connectivity index (χ3n) is 2.58. The van der Waals surface area contributed by atoms with Crippen LogP contribution >= 0.6 is 0 Å². The van der Waals surface area contributed by atoms with Gasteiger partial charge in [-0.3, -0.25) is 0 Å². The van der Waals surface area contributed by atoms with Gasteiger partial charge in [0.05, 0.1) is 6.54 Å². The van der Waals surface area contributed by atoms with Gasteiger partial charge in [-0.05, 0) is 25.8 Å². The van der Waals surface area contributed by atoms with Crippen LogP contribution in [0.15, 0.2) is 4.42 Å². The Kier molecular flexibility index (Phi) is 3.43. The molecule has 5 heteroatoms. The predicted molar refractivity (Wildman–Crippen MR) is 62.3 cm³/mol. The van der Waals surface area contributed by atoms with Crippen molar-refractivity contribution in [3.63, 3.8) is 0 Å². The lowest BCUT2D eigenvalue weighted by Gasteiger charge is -2.21. The summed E-state index contributed by atoms with van der Waals surface area (Å²) < 4.78 is 5.63. The van der Waals surface area contributed by atoms with Gasteiger partial charge in [-0.2, -0.15) is 0 Å². The summed E-state index contributed by atoms with van der Waals surface area (Å²) in [4.78, 5) is 2.25. The standard InChI is InChI=1S/C11H20N4O/c1-8(2)7-15(9-4-5-9)11-14-13-10(16-11)6-12-3/h8-9,12H,4-7H2,1-3H3. The molecular weight excluding hydrogens is 204 g/mol. The first-order chi connectivity index (χ1) is 7.70. The number of anilines is 1. The van der Waals surface area contributed by atoms with Crippen molar-refractivity contribution in [1.29, 1.82) is 0 Å². The maximum Gasteiger partial charge on any atom is 0.318 e. The highest BCUT2D eigenvalue weighted by Crippen LogP contribution is 2.31. The maximum atomic E-state index is 5.63. The molecule has 0 aliphatic heterocycles. The van der Waals surface area contributed by atoms with E-state index in [0.717, 1.165) is 6.54 Å². The fraction of sp³-hybridized carbons (Fsp3) is 0.818. The van der Waals surface area contributed by atoms with Gasteiger partial charge < -0.3 is 14.6 Å². The largest absolute Gasteiger partial charge is 0.407 e. The molecule has 0 unspecified atom stereocenters. The summed E-state index contributed by atoms with van der Waals surface area (Å²) in [5.74, 6) is 1.27. The first kappa shape index (κ1) is 11.4. The number of nitrogens with zero attached hydrogens (tertiary/aromatic N) is 3. The number of aromatic nitrogens is 2. The SMILES string of the molecule is CNCc1nnc(N(CC(C)C)C2CC2)o1. The van der Waals surface area contributed by atoms with E-state index in [4.69, 9.17) is 4.42 Å². The van der Waals surface area contributed by atoms with Crippen LogP contribution in [0.1, 0.15) is 32.6 Å². The molecule has 1 aliphatic carbocycles. The Bertz CT molecular complexity index is 332. The minimum absolute atomic E-state index is 0.611. The molecule has 5 nitrogen and oxygen atoms in total. The monoisotopic (exact) mass is 224 g/mol. The topological polar surface area (TPSA) is 54.2 Å². The zero-order chi connectivity index (χ0) is 11.5. The van der Waals surface area contributed by atoms with Gasteiger partial charge >= 0.3 is 6.01 Å². The van der Waals surface area contributed by atoms with E-state index >= 15 is 0 Å². The van der Waals surface area contributed by atoms with Crippen molar-refractivity contribution in [2.45, 2.75) is 39.3 Å². The van der Waals surface area contributed by atoms with Crippen molar-refractivity contribution in [1.82, 2.24) is 15.5 Å². The van der Waals surface area contributed by atoms with E-state index in [-0.39, 0.29) is 0 Å². The third kappa shape index (κ3) is 2.72. The van der Waals surface area contributed by atoms with E-state index in [1.165, 1.54) is 12.8 Å². The maximum absolute atomic E-state index is 5.63. The molecule has 1 fully saturated rings. The third-order valence-corrected chi connectivity index (χ3v) is 2.58. The fourth-order valence-electron chi connectivity index (χ4n) is 1.75. The van der Waals surface area contributed by atoms with E-state index in [1.54, 1.807) is 0 Å². The number of nitrogens with one attached hydrogen (secondary N) is 1. The molecular formula is C11H20N4O. The van der Waals surface area contributed by atoms with Gasteiger partial charge in [0.1, 0.15) is 0 Å². The average molecular weight is 224 g/mol. The van der Waals surface area contributed by atoms with E-state index in [2.05, 4.69) is 34.3 Å². The number of hydrogen-bond donors (Lipinski definition) is 1. The second kappa shape index (κ2) is 4.82. The zero-order valence-electron chi connectivity index (χ0n) is 10.2. The van der Waals surface area contributed by atoms with Crippen molar-refractivity contribution < 1.29 is 4.42 Å². The Morgan fingerprint density at radius 3 is 2.75 bits per heavy atom. The summed E-state index contributed by atoms with van der Waals surface area (Å²) >= 11 is 0. The molecule has 1 aromatic rings. The molecule has 0 saturated heterocycles. The van der Waals surface area contributed by atoms with Gasteiger partial charge in [0.15, 0.2) is 0 Å². The minimum Gasteiger partial charge on any atom is -0.407 e. The lowest BCUT2D eigenvalue weighted by Crippen LogP contribution is -2.30. The highest BCUT2D eigenvalue weighted by molar-refractivity contribution is 5.29. The molecule has 0 bridgehead atoms. The van der Waals surface area contributed by atoms with Crippen molar-refractivity contribution in [2.75, 3.05) is 18.5 Å². The summed E-state index contributed by atoms with van der Waals surface area (Å²) in [6.45, 7) is 6.04. The van der Waals surface area contributed by atoms with Crippen molar-refractivity contribution in [3.8, 4) is 0 Å². The van der Waals surface area contributed by atoms with E-state index in [1.807, 2.05) is 7.05 Å². The summed E-state index contributed by atoms with van der Waals surface area (Å²) in [6, 6.07) is 1.30. The van der Waals surface area contributed by atoms with Crippen molar-refractivity contribution in [3.05, 3.63) is 5.89 Å². The number of hydrogen-bond acceptors (Lipinski definition) is 5. The molecule has 16 heavy (non-hydrogen) atoms. The molecule has 1 aliphatic rings. The summed E-state index contributed by atoms with van der Waals surface area (Å²) in [5.41, 5.74) is 0. The van der Waals surface area contributed by atoms with Gasteiger partial charge in [0.25, 0.3) is 0 Å². The van der Waals surface area contributed by atoms with Crippen LogP contribution in [0.25, 0.3) is 0 Å². The Balaban J connectivity index is 2.05. The Morgan fingerprint density at radius 2 is 2.19 bits per heavy atom. The van der Waals surface area contributed by atoms with Crippen molar-refractivity contribution >= 4 is 6.01 Å². The molecule has 1 N–H and O–H groups in total. The molecule has 0 atom stereocenters. The normalized spacial score (nSPS) is 15.8. The van der Waals surface area contributed by atoms with Crippen LogP contribution < -0.4 is 10.2 Å². The molecule has 90 valence electrons. The van der Waals surface area contributed by atoms with Crippen LogP contribution in [0.4, 0.5) is 6.01 Å². The van der Waals surface area contributed by atoms with Gasteiger partial charge in [-0.25, -0.2) is 0 Å². The van der Waals surface area contributed by atoms with Crippen LogP contribution in [0.5, 0.6) is 0 Å². The lowest BCUT2D eigenvalue weighted by molar-refractivity contribution is 0.458. The quantitative estimate of drug-likeness (QED) is 0.792. The number of rotatable bonds is 6. The van der Waals surface area contributed by atoms with Gasteiger partial charge in [0.2, 0.25) is 5.89 Å². The van der Waals surface area contributed by atoms with Crippen LogP contribution in [0.3, 0.4) is 0 Å². The van der Waals surface area contributed by atoms with E-state index < -0.39 is 0 Å². The average Bonchev–Trinajstić information content (AvgIpc) is 2.96. The highest BCUT2D eigenvalue weighted by atomic mass is 16.4. The first-order valence-corrected chi connectivity index (χ1v) is 5.94. The smallest absolute Gasteiger partial charge is 0.318 e. The summed E-state index contributed by atoms with van der Waals surface area (Å²) in [7, 11) is 1.87. The Labute approximate surface area is 96.2 Å². The molecule has 0 aromatic carbocycles. The van der Waals surface area contributed by atoms with Crippen LogP contribution in [0, 0.1) is 5.92 Å². The molecule has 0 spiro atoms. The van der Waals surface area contributed by atoms with Crippen LogP contribution in [-0.2, 0) is 6.54 Å². The minimum atomic E-state index is 0.611. The Morgan fingerprint density at radius 1 is 1.44 bits per heavy atom. The van der Waals surface area contributed by atoms with E-state index in [0.29, 0.717) is 30.4 Å². The van der Waals surface area contributed by atoms with Crippen LogP contribution in [0.2, 0.25) is 0 Å². The van der Waals surface area contributed by atoms with Crippen LogP contribution in [-0.4, -0.2) is 29.8 Å². The fourth-order valence-corrected chi connectivity index (χ4v) is 1.75. The van der Waals surface area contributed by atoms with Gasteiger partial charge in [-0.1, -0.05) is 18.9 Å². The van der Waals surface area contributed by atoms with Gasteiger partial charge in [0, 0.05) is 12.6 Å². The van der Waals surface area contributed by atoms with E-state index in [9.17, 15) is 0 Å². The Hall–Kier alpha value is -1.10. The van der Waals surface area contributed by atoms with Crippen molar-refractivity contribution in [2.24, 2.45) is 5.92 Å². The molecule has 2 rings (SSSR count). The summed E-state index contributed by atoms with van der Waals surface area (Å²) in [6.07, 6.45) is 2.49. The second-order valence-corrected chi connectivity index (χ2v) is 4.79. The molecule has 1 saturated carbocycles. The highest BCUT2D eigenvalue weighted by Gasteiger charge is 2.32. The second-order valence-electron chi connectivity index (χ2n) is 4.79. The molecule has 1 heterocycles.